The van der Waals surface area contributed by atoms with Gasteiger partial charge in [-0.2, -0.15) is 0 Å². The van der Waals surface area contributed by atoms with Crippen LogP contribution >= 0.6 is 0 Å². The van der Waals surface area contributed by atoms with Crippen LogP contribution in [0.5, 0.6) is 0 Å². The van der Waals surface area contributed by atoms with E-state index in [1.165, 1.54) is 0 Å². The third-order valence-corrected chi connectivity index (χ3v) is 4.92. The summed E-state index contributed by atoms with van der Waals surface area (Å²) in [5.41, 5.74) is 0.683. The molecule has 2 rings (SSSR count). The fraction of sp³-hybridized carbons (Fsp3) is 0.333. The summed E-state index contributed by atoms with van der Waals surface area (Å²) in [6, 6.07) is 18.0. The Kier molecular flexibility index (Phi) is 5.97. The topological polar surface area (TPSA) is 66.4 Å². The Labute approximate surface area is 148 Å². The number of carbonyl (C=O) groups excluding carboxylic acids is 1. The molecule has 0 heterocycles. The van der Waals surface area contributed by atoms with Crippen LogP contribution < -0.4 is 5.32 Å². The van der Waals surface area contributed by atoms with Crippen molar-refractivity contribution in [3.05, 3.63) is 71.8 Å². The Balaban J connectivity index is 2.46. The van der Waals surface area contributed by atoms with Crippen LogP contribution in [0, 0.1) is 5.92 Å². The normalized spacial score (nSPS) is 13.7. The van der Waals surface area contributed by atoms with E-state index in [4.69, 9.17) is 0 Å². The van der Waals surface area contributed by atoms with Crippen LogP contribution in [0.1, 0.15) is 38.3 Å². The van der Waals surface area contributed by atoms with Crippen molar-refractivity contribution in [2.75, 3.05) is 0 Å². The molecule has 0 fully saturated rings. The van der Waals surface area contributed by atoms with Crippen molar-refractivity contribution in [3.63, 3.8) is 0 Å². The molecule has 0 saturated heterocycles. The zero-order valence-electron chi connectivity index (χ0n) is 14.9. The maximum absolute atomic E-state index is 13.2. The molecule has 2 aromatic carbocycles. The number of benzene rings is 2. The first-order valence-corrected chi connectivity index (χ1v) is 8.56. The van der Waals surface area contributed by atoms with Crippen LogP contribution in [0.2, 0.25) is 0 Å². The smallest absolute Gasteiger partial charge is 0.326 e. The minimum Gasteiger partial charge on any atom is -0.480 e. The summed E-state index contributed by atoms with van der Waals surface area (Å²) in [6.45, 7) is 5.59. The highest BCUT2D eigenvalue weighted by Gasteiger charge is 2.39. The number of amides is 1. The van der Waals surface area contributed by atoms with E-state index in [2.05, 4.69) is 5.32 Å². The number of carboxylic acids is 1. The maximum atomic E-state index is 13.2. The van der Waals surface area contributed by atoms with Gasteiger partial charge >= 0.3 is 5.97 Å². The van der Waals surface area contributed by atoms with Crippen molar-refractivity contribution < 1.29 is 14.7 Å². The van der Waals surface area contributed by atoms with Crippen molar-refractivity contribution >= 4 is 11.9 Å². The Bertz CT molecular complexity index is 673. The third-order valence-electron chi connectivity index (χ3n) is 4.92. The molecule has 0 bridgehead atoms. The van der Waals surface area contributed by atoms with Crippen molar-refractivity contribution in [3.8, 4) is 0 Å². The first kappa shape index (κ1) is 18.7. The molecule has 1 amide bonds. The van der Waals surface area contributed by atoms with Gasteiger partial charge in [0, 0.05) is 0 Å². The van der Waals surface area contributed by atoms with E-state index in [0.29, 0.717) is 6.42 Å². The van der Waals surface area contributed by atoms with Gasteiger partial charge in [-0.1, -0.05) is 80.9 Å². The monoisotopic (exact) mass is 339 g/mol. The Hall–Kier alpha value is -2.62. The first-order valence-electron chi connectivity index (χ1n) is 8.56. The number of nitrogens with one attached hydrogen (secondary N) is 1. The number of aliphatic carboxylic acids is 1. The number of rotatable bonds is 7. The lowest BCUT2D eigenvalue weighted by atomic mass is 9.75. The summed E-state index contributed by atoms with van der Waals surface area (Å²) in [6.07, 6.45) is 0.671. The first-order chi connectivity index (χ1) is 11.9. The minimum atomic E-state index is -1.01. The van der Waals surface area contributed by atoms with Crippen molar-refractivity contribution in [1.29, 1.82) is 0 Å². The Morgan fingerprint density at radius 2 is 1.44 bits per heavy atom. The molecule has 0 aliphatic carbocycles. The summed E-state index contributed by atoms with van der Waals surface area (Å²) in [7, 11) is 0. The number of hydrogen-bond acceptors (Lipinski definition) is 2. The van der Waals surface area contributed by atoms with Gasteiger partial charge in [0.1, 0.15) is 6.04 Å². The highest BCUT2D eigenvalue weighted by Crippen LogP contribution is 2.32. The highest BCUT2D eigenvalue weighted by atomic mass is 16.4. The molecular formula is C21H25NO3. The number of carboxylic acid groups (broad SMARTS) is 1. The second-order valence-electron chi connectivity index (χ2n) is 6.53. The largest absolute Gasteiger partial charge is 0.480 e. The average molecular weight is 339 g/mol. The molecule has 25 heavy (non-hydrogen) atoms. The molecule has 132 valence electrons. The predicted molar refractivity (Wildman–Crippen MR) is 98.4 cm³/mol. The quantitative estimate of drug-likeness (QED) is 0.810. The van der Waals surface area contributed by atoms with Crippen molar-refractivity contribution in [2.24, 2.45) is 5.92 Å². The molecule has 4 heteroatoms. The van der Waals surface area contributed by atoms with Crippen LogP contribution in [-0.2, 0) is 15.0 Å². The van der Waals surface area contributed by atoms with E-state index < -0.39 is 17.4 Å². The van der Waals surface area contributed by atoms with Gasteiger partial charge in [0.25, 0.3) is 0 Å². The summed E-state index contributed by atoms with van der Waals surface area (Å²) in [5, 5.41) is 12.3. The Morgan fingerprint density at radius 3 is 1.80 bits per heavy atom. The molecule has 0 aliphatic heterocycles. The molecule has 0 radical (unpaired) electrons. The fourth-order valence-electron chi connectivity index (χ4n) is 2.94. The van der Waals surface area contributed by atoms with Crippen molar-refractivity contribution in [1.82, 2.24) is 5.32 Å². The molecule has 0 spiro atoms. The SMILES string of the molecule is CC[C@H](C)[C@H](NC(=O)C(C)(c1ccccc1)c1ccccc1)C(=O)O. The van der Waals surface area contributed by atoms with Gasteiger partial charge in [-0.15, -0.1) is 0 Å². The lowest BCUT2D eigenvalue weighted by Crippen LogP contribution is -2.52. The molecule has 0 saturated carbocycles. The van der Waals surface area contributed by atoms with Crippen molar-refractivity contribution in [2.45, 2.75) is 38.6 Å². The molecule has 2 N–H and O–H groups in total. The predicted octanol–water partition coefficient (Wildman–Crippen LogP) is 3.61. The van der Waals surface area contributed by atoms with Crippen LogP contribution in [0.4, 0.5) is 0 Å². The van der Waals surface area contributed by atoms with Gasteiger partial charge in [-0.25, -0.2) is 4.79 Å². The van der Waals surface area contributed by atoms with Gasteiger partial charge in [0.2, 0.25) is 5.91 Å². The van der Waals surface area contributed by atoms with Gasteiger partial charge in [0.05, 0.1) is 5.41 Å². The molecule has 4 nitrogen and oxygen atoms in total. The molecule has 0 aromatic heterocycles. The van der Waals surface area contributed by atoms with E-state index in [1.807, 2.05) is 81.4 Å². The lowest BCUT2D eigenvalue weighted by molar-refractivity contribution is -0.144. The summed E-state index contributed by atoms with van der Waals surface area (Å²) >= 11 is 0. The van der Waals surface area contributed by atoms with Gasteiger partial charge in [-0.3, -0.25) is 4.79 Å². The second-order valence-corrected chi connectivity index (χ2v) is 6.53. The average Bonchev–Trinajstić information content (AvgIpc) is 2.65. The van der Waals surface area contributed by atoms with Gasteiger partial charge in [-0.05, 0) is 24.0 Å². The fourth-order valence-corrected chi connectivity index (χ4v) is 2.94. The molecule has 2 aromatic rings. The summed E-state index contributed by atoms with van der Waals surface area (Å²) < 4.78 is 0. The van der Waals surface area contributed by atoms with Gasteiger partial charge in [0.15, 0.2) is 0 Å². The summed E-state index contributed by atoms with van der Waals surface area (Å²) in [5.74, 6) is -1.47. The third kappa shape index (κ3) is 3.90. The Morgan fingerprint density at radius 1 is 1.00 bits per heavy atom. The van der Waals surface area contributed by atoms with Crippen LogP contribution in [0.15, 0.2) is 60.7 Å². The van der Waals surface area contributed by atoms with Gasteiger partial charge < -0.3 is 10.4 Å². The maximum Gasteiger partial charge on any atom is 0.326 e. The summed E-state index contributed by atoms with van der Waals surface area (Å²) in [4.78, 5) is 24.8. The van der Waals surface area contributed by atoms with E-state index in [-0.39, 0.29) is 11.8 Å². The number of hydrogen-bond donors (Lipinski definition) is 2. The molecule has 0 unspecified atom stereocenters. The van der Waals surface area contributed by atoms with E-state index in [0.717, 1.165) is 11.1 Å². The number of carbonyl (C=O) groups is 2. The van der Waals surface area contributed by atoms with E-state index in [9.17, 15) is 14.7 Å². The van der Waals surface area contributed by atoms with E-state index in [1.54, 1.807) is 0 Å². The van der Waals surface area contributed by atoms with Crippen LogP contribution in [0.3, 0.4) is 0 Å². The zero-order valence-corrected chi connectivity index (χ0v) is 14.9. The van der Waals surface area contributed by atoms with Crippen LogP contribution in [0.25, 0.3) is 0 Å². The molecule has 0 aliphatic rings. The molecular weight excluding hydrogens is 314 g/mol. The minimum absolute atomic E-state index is 0.155. The highest BCUT2D eigenvalue weighted by molar-refractivity contribution is 5.94. The van der Waals surface area contributed by atoms with E-state index >= 15 is 0 Å². The zero-order chi connectivity index (χ0) is 18.4. The standard InChI is InChI=1S/C21H25NO3/c1-4-15(2)18(19(23)24)22-20(25)21(3,16-11-7-5-8-12-16)17-13-9-6-10-14-17/h5-15,18H,4H2,1-3H3,(H,22,25)(H,23,24)/t15-,18-/m0/s1. The lowest BCUT2D eigenvalue weighted by Gasteiger charge is -2.32. The van der Waals surface area contributed by atoms with Crippen LogP contribution in [-0.4, -0.2) is 23.0 Å². The second kappa shape index (κ2) is 7.97. The molecule has 2 atom stereocenters.